The van der Waals surface area contributed by atoms with Crippen LogP contribution in [0.15, 0.2) is 18.2 Å². The summed E-state index contributed by atoms with van der Waals surface area (Å²) in [6, 6.07) is 3.00. The molecule has 0 amide bonds. The number of hydrogen-bond acceptors (Lipinski definition) is 1. The lowest BCUT2D eigenvalue weighted by Crippen LogP contribution is -2.19. The Balaban J connectivity index is 3.17. The predicted octanol–water partition coefficient (Wildman–Crippen LogP) is 3.91. The first-order chi connectivity index (χ1) is 7.91. The minimum absolute atomic E-state index is 0.0733. The molecule has 0 fully saturated rings. The average Bonchev–Trinajstić information content (AvgIpc) is 2.25. The van der Waals surface area contributed by atoms with Crippen molar-refractivity contribution in [2.45, 2.75) is 32.0 Å². The fourth-order valence-electron chi connectivity index (χ4n) is 1.78. The Morgan fingerprint density at radius 2 is 1.94 bits per heavy atom. The molecule has 0 spiro atoms. The molecule has 1 unspecified atom stereocenters. The minimum atomic E-state index is -4.65. The zero-order valence-electron chi connectivity index (χ0n) is 9.74. The molecule has 0 aliphatic carbocycles. The molecule has 0 radical (unpaired) electrons. The van der Waals surface area contributed by atoms with E-state index in [2.05, 4.69) is 5.32 Å². The highest BCUT2D eigenvalue weighted by molar-refractivity contribution is 5.30. The standard InChI is InChI=1S/C12H15F4N/c1-3-5-10(17-2)8-6-4-7-9(11(8)13)12(14,15)16/h4,6-7,10,17H,3,5H2,1-2H3. The Bertz CT molecular complexity index is 373. The van der Waals surface area contributed by atoms with Crippen LogP contribution in [0.1, 0.15) is 36.9 Å². The van der Waals surface area contributed by atoms with Crippen LogP contribution in [0.3, 0.4) is 0 Å². The molecule has 1 atom stereocenters. The van der Waals surface area contributed by atoms with Gasteiger partial charge in [0.05, 0.1) is 5.56 Å². The smallest absolute Gasteiger partial charge is 0.313 e. The molecule has 17 heavy (non-hydrogen) atoms. The van der Waals surface area contributed by atoms with E-state index in [-0.39, 0.29) is 11.6 Å². The van der Waals surface area contributed by atoms with Crippen molar-refractivity contribution >= 4 is 0 Å². The monoisotopic (exact) mass is 249 g/mol. The van der Waals surface area contributed by atoms with Gasteiger partial charge in [0.2, 0.25) is 0 Å². The van der Waals surface area contributed by atoms with Gasteiger partial charge in [-0.1, -0.05) is 25.5 Å². The van der Waals surface area contributed by atoms with Crippen LogP contribution >= 0.6 is 0 Å². The molecule has 0 bridgehead atoms. The van der Waals surface area contributed by atoms with Gasteiger partial charge in [-0.05, 0) is 19.5 Å². The number of rotatable bonds is 4. The number of benzene rings is 1. The fraction of sp³-hybridized carbons (Fsp3) is 0.500. The molecular weight excluding hydrogens is 234 g/mol. The van der Waals surface area contributed by atoms with Crippen molar-refractivity contribution in [2.24, 2.45) is 0 Å². The molecule has 1 rings (SSSR count). The number of halogens is 4. The summed E-state index contributed by atoms with van der Waals surface area (Å²) in [5, 5.41) is 2.83. The number of nitrogens with one attached hydrogen (secondary N) is 1. The highest BCUT2D eigenvalue weighted by Crippen LogP contribution is 2.34. The molecule has 1 aromatic rings. The average molecular weight is 249 g/mol. The van der Waals surface area contributed by atoms with Crippen LogP contribution in [0, 0.1) is 5.82 Å². The van der Waals surface area contributed by atoms with Crippen molar-refractivity contribution in [2.75, 3.05) is 7.05 Å². The lowest BCUT2D eigenvalue weighted by atomic mass is 9.99. The van der Waals surface area contributed by atoms with E-state index < -0.39 is 17.6 Å². The van der Waals surface area contributed by atoms with Crippen LogP contribution in [0.2, 0.25) is 0 Å². The summed E-state index contributed by atoms with van der Waals surface area (Å²) in [5.74, 6) is -1.17. The summed E-state index contributed by atoms with van der Waals surface area (Å²) >= 11 is 0. The quantitative estimate of drug-likeness (QED) is 0.798. The van der Waals surface area contributed by atoms with Crippen molar-refractivity contribution in [1.29, 1.82) is 0 Å². The number of hydrogen-bond donors (Lipinski definition) is 1. The summed E-state index contributed by atoms with van der Waals surface area (Å²) in [7, 11) is 1.61. The molecule has 0 aliphatic heterocycles. The van der Waals surface area contributed by atoms with E-state index in [0.29, 0.717) is 6.42 Å². The van der Waals surface area contributed by atoms with E-state index in [9.17, 15) is 17.6 Å². The maximum atomic E-state index is 13.8. The largest absolute Gasteiger partial charge is 0.419 e. The third-order valence-electron chi connectivity index (χ3n) is 2.64. The van der Waals surface area contributed by atoms with Crippen molar-refractivity contribution < 1.29 is 17.6 Å². The van der Waals surface area contributed by atoms with Crippen molar-refractivity contribution in [3.05, 3.63) is 35.1 Å². The second-order valence-electron chi connectivity index (χ2n) is 3.84. The molecule has 0 saturated heterocycles. The van der Waals surface area contributed by atoms with Gasteiger partial charge in [0.15, 0.2) is 0 Å². The summed E-state index contributed by atoms with van der Waals surface area (Å²) in [5.41, 5.74) is -1.13. The zero-order valence-corrected chi connectivity index (χ0v) is 9.74. The highest BCUT2D eigenvalue weighted by atomic mass is 19.4. The van der Waals surface area contributed by atoms with Gasteiger partial charge in [0.1, 0.15) is 5.82 Å². The van der Waals surface area contributed by atoms with Crippen molar-refractivity contribution in [3.63, 3.8) is 0 Å². The SMILES string of the molecule is CCCC(NC)c1cccc(C(F)(F)F)c1F. The molecular formula is C12H15F4N. The number of alkyl halides is 3. The van der Waals surface area contributed by atoms with E-state index in [1.807, 2.05) is 6.92 Å². The summed E-state index contributed by atoms with van der Waals surface area (Å²) in [6.07, 6.45) is -3.29. The van der Waals surface area contributed by atoms with E-state index in [1.165, 1.54) is 12.1 Å². The zero-order chi connectivity index (χ0) is 13.1. The van der Waals surface area contributed by atoms with Gasteiger partial charge in [0.25, 0.3) is 0 Å². The van der Waals surface area contributed by atoms with Crippen LogP contribution in [-0.4, -0.2) is 7.05 Å². The normalized spacial score (nSPS) is 13.8. The van der Waals surface area contributed by atoms with Crippen LogP contribution in [0.4, 0.5) is 17.6 Å². The lowest BCUT2D eigenvalue weighted by Gasteiger charge is -2.18. The van der Waals surface area contributed by atoms with Crippen molar-refractivity contribution in [1.82, 2.24) is 5.32 Å². The maximum Gasteiger partial charge on any atom is 0.419 e. The first-order valence-corrected chi connectivity index (χ1v) is 5.44. The van der Waals surface area contributed by atoms with Crippen LogP contribution in [0.5, 0.6) is 0 Å². The molecule has 96 valence electrons. The van der Waals surface area contributed by atoms with Gasteiger partial charge in [-0.15, -0.1) is 0 Å². The van der Waals surface area contributed by atoms with Gasteiger partial charge in [-0.2, -0.15) is 13.2 Å². The molecule has 1 nitrogen and oxygen atoms in total. The second-order valence-corrected chi connectivity index (χ2v) is 3.84. The topological polar surface area (TPSA) is 12.0 Å². The van der Waals surface area contributed by atoms with Gasteiger partial charge in [-0.25, -0.2) is 4.39 Å². The summed E-state index contributed by atoms with van der Waals surface area (Å²) < 4.78 is 51.3. The summed E-state index contributed by atoms with van der Waals surface area (Å²) in [6.45, 7) is 1.90. The molecule has 1 N–H and O–H groups in total. The van der Waals surface area contributed by atoms with E-state index >= 15 is 0 Å². The molecule has 0 aliphatic rings. The molecule has 0 heterocycles. The van der Waals surface area contributed by atoms with Gasteiger partial charge in [-0.3, -0.25) is 0 Å². The first-order valence-electron chi connectivity index (χ1n) is 5.44. The summed E-state index contributed by atoms with van der Waals surface area (Å²) in [4.78, 5) is 0. The third-order valence-corrected chi connectivity index (χ3v) is 2.64. The Morgan fingerprint density at radius 1 is 1.29 bits per heavy atom. The molecule has 1 aromatic carbocycles. The molecule has 5 heteroatoms. The predicted molar refractivity (Wildman–Crippen MR) is 58.1 cm³/mol. The third kappa shape index (κ3) is 3.19. The van der Waals surface area contributed by atoms with E-state index in [1.54, 1.807) is 7.05 Å². The van der Waals surface area contributed by atoms with Crippen LogP contribution < -0.4 is 5.32 Å². The Labute approximate surface area is 97.8 Å². The first kappa shape index (κ1) is 14.0. The second kappa shape index (κ2) is 5.49. The van der Waals surface area contributed by atoms with E-state index in [4.69, 9.17) is 0 Å². The van der Waals surface area contributed by atoms with Gasteiger partial charge in [0, 0.05) is 11.6 Å². The minimum Gasteiger partial charge on any atom is -0.313 e. The Hall–Kier alpha value is -1.10. The fourth-order valence-corrected chi connectivity index (χ4v) is 1.78. The maximum absolute atomic E-state index is 13.8. The van der Waals surface area contributed by atoms with Gasteiger partial charge < -0.3 is 5.32 Å². The van der Waals surface area contributed by atoms with Crippen LogP contribution in [-0.2, 0) is 6.18 Å². The van der Waals surface area contributed by atoms with E-state index in [0.717, 1.165) is 12.5 Å². The molecule has 0 saturated carbocycles. The Kier molecular flexibility index (Phi) is 4.51. The van der Waals surface area contributed by atoms with Gasteiger partial charge >= 0.3 is 6.18 Å². The highest BCUT2D eigenvalue weighted by Gasteiger charge is 2.35. The van der Waals surface area contributed by atoms with Crippen LogP contribution in [0.25, 0.3) is 0 Å². The lowest BCUT2D eigenvalue weighted by molar-refractivity contribution is -0.140. The molecule has 0 aromatic heterocycles. The Morgan fingerprint density at radius 3 is 2.41 bits per heavy atom. The van der Waals surface area contributed by atoms with Crippen molar-refractivity contribution in [3.8, 4) is 0 Å².